The summed E-state index contributed by atoms with van der Waals surface area (Å²) >= 11 is 1.26. The normalized spacial score (nSPS) is 19.9. The van der Waals surface area contributed by atoms with Gasteiger partial charge >= 0.3 is 0 Å². The van der Waals surface area contributed by atoms with E-state index in [1.54, 1.807) is 0 Å². The van der Waals surface area contributed by atoms with Crippen molar-refractivity contribution in [1.29, 1.82) is 0 Å². The molecular weight excluding hydrogens is 198 g/mol. The Morgan fingerprint density at radius 1 is 1.43 bits per heavy atom. The van der Waals surface area contributed by atoms with Gasteiger partial charge in [-0.2, -0.15) is 0 Å². The van der Waals surface area contributed by atoms with Crippen molar-refractivity contribution in [3.05, 3.63) is 0 Å². The first-order chi connectivity index (χ1) is 6.45. The summed E-state index contributed by atoms with van der Waals surface area (Å²) in [4.78, 5) is 13.2. The summed E-state index contributed by atoms with van der Waals surface area (Å²) in [6.07, 6.45) is 3.63. The van der Waals surface area contributed by atoms with Crippen LogP contribution in [0.4, 0.5) is 4.79 Å². The molecule has 0 aromatic carbocycles. The first-order valence-electron chi connectivity index (χ1n) is 5.00. The van der Waals surface area contributed by atoms with Crippen molar-refractivity contribution < 1.29 is 9.90 Å². The molecular formula is C10H19NO2S. The van der Waals surface area contributed by atoms with E-state index in [1.807, 2.05) is 25.0 Å². The monoisotopic (exact) mass is 217 g/mol. The standard InChI is InChI=1S/C10H19NO2S/c1-10(2,13)8-4-6-11(7-5-8)9(12)14-3/h8,13H,4-7H2,1-3H3. The lowest BCUT2D eigenvalue weighted by Gasteiger charge is -2.37. The fraction of sp³-hybridized carbons (Fsp3) is 0.900. The maximum absolute atomic E-state index is 11.3. The Morgan fingerprint density at radius 2 is 1.93 bits per heavy atom. The average Bonchev–Trinajstić information content (AvgIpc) is 2.15. The fourth-order valence-electron chi connectivity index (χ4n) is 1.90. The van der Waals surface area contributed by atoms with Gasteiger partial charge in [-0.1, -0.05) is 11.8 Å². The minimum atomic E-state index is -0.603. The van der Waals surface area contributed by atoms with Gasteiger partial charge in [0.15, 0.2) is 0 Å². The molecule has 0 aromatic rings. The predicted molar refractivity (Wildman–Crippen MR) is 59.5 cm³/mol. The minimum absolute atomic E-state index is 0.152. The highest BCUT2D eigenvalue weighted by Crippen LogP contribution is 2.28. The predicted octanol–water partition coefficient (Wildman–Crippen LogP) is 1.95. The van der Waals surface area contributed by atoms with Gasteiger partial charge in [0.05, 0.1) is 5.60 Å². The Morgan fingerprint density at radius 3 is 2.29 bits per heavy atom. The summed E-state index contributed by atoms with van der Waals surface area (Å²) in [6.45, 7) is 5.27. The van der Waals surface area contributed by atoms with Crippen LogP contribution in [0, 0.1) is 5.92 Å². The van der Waals surface area contributed by atoms with Crippen LogP contribution < -0.4 is 0 Å². The van der Waals surface area contributed by atoms with Crippen molar-refractivity contribution in [3.63, 3.8) is 0 Å². The molecule has 0 spiro atoms. The van der Waals surface area contributed by atoms with E-state index in [2.05, 4.69) is 0 Å². The van der Waals surface area contributed by atoms with Gasteiger partial charge in [-0.15, -0.1) is 0 Å². The van der Waals surface area contributed by atoms with E-state index >= 15 is 0 Å². The van der Waals surface area contributed by atoms with Crippen LogP contribution in [-0.4, -0.2) is 40.2 Å². The minimum Gasteiger partial charge on any atom is -0.390 e. The van der Waals surface area contributed by atoms with Crippen molar-refractivity contribution >= 4 is 17.0 Å². The second-order valence-corrected chi connectivity index (χ2v) is 5.14. The summed E-state index contributed by atoms with van der Waals surface area (Å²) in [5.74, 6) is 0.327. The largest absolute Gasteiger partial charge is 0.390 e. The van der Waals surface area contributed by atoms with E-state index in [4.69, 9.17) is 0 Å². The number of rotatable bonds is 1. The second kappa shape index (κ2) is 4.53. The maximum atomic E-state index is 11.3. The first-order valence-corrected chi connectivity index (χ1v) is 6.23. The molecule has 0 saturated carbocycles. The number of aliphatic hydroxyl groups is 1. The number of nitrogens with zero attached hydrogens (tertiary/aromatic N) is 1. The molecule has 1 amide bonds. The van der Waals surface area contributed by atoms with Crippen LogP contribution in [0.15, 0.2) is 0 Å². The number of carbonyl (C=O) groups excluding carboxylic acids is 1. The molecule has 3 nitrogen and oxygen atoms in total. The number of piperidine rings is 1. The third kappa shape index (κ3) is 2.89. The molecule has 1 fully saturated rings. The molecule has 1 N–H and O–H groups in total. The molecule has 14 heavy (non-hydrogen) atoms. The van der Waals surface area contributed by atoms with E-state index in [-0.39, 0.29) is 5.24 Å². The first kappa shape index (κ1) is 11.9. The number of amides is 1. The van der Waals surface area contributed by atoms with Crippen LogP contribution in [0.2, 0.25) is 0 Å². The van der Waals surface area contributed by atoms with E-state index < -0.39 is 5.60 Å². The molecule has 1 saturated heterocycles. The van der Waals surface area contributed by atoms with E-state index in [1.165, 1.54) is 11.8 Å². The van der Waals surface area contributed by atoms with Crippen molar-refractivity contribution in [3.8, 4) is 0 Å². The molecule has 0 bridgehead atoms. The quantitative estimate of drug-likeness (QED) is 0.730. The highest BCUT2D eigenvalue weighted by atomic mass is 32.2. The Bertz CT molecular complexity index is 205. The third-order valence-electron chi connectivity index (χ3n) is 2.93. The van der Waals surface area contributed by atoms with Gasteiger partial charge in [-0.25, -0.2) is 0 Å². The molecule has 0 aliphatic carbocycles. The molecule has 4 heteroatoms. The summed E-state index contributed by atoms with van der Waals surface area (Å²) < 4.78 is 0. The van der Waals surface area contributed by atoms with Crippen LogP contribution in [0.3, 0.4) is 0 Å². The van der Waals surface area contributed by atoms with Crippen LogP contribution in [0.5, 0.6) is 0 Å². The van der Waals surface area contributed by atoms with Crippen molar-refractivity contribution in [2.45, 2.75) is 32.3 Å². The zero-order valence-electron chi connectivity index (χ0n) is 9.12. The Kier molecular flexibility index (Phi) is 3.84. The molecule has 0 radical (unpaired) electrons. The second-order valence-electron chi connectivity index (χ2n) is 4.39. The lowest BCUT2D eigenvalue weighted by molar-refractivity contribution is -0.00645. The van der Waals surface area contributed by atoms with Gasteiger partial charge in [-0.05, 0) is 38.9 Å². The Labute approximate surface area is 89.9 Å². The summed E-state index contributed by atoms with van der Waals surface area (Å²) in [7, 11) is 0. The van der Waals surface area contributed by atoms with Crippen LogP contribution in [-0.2, 0) is 0 Å². The number of thioether (sulfide) groups is 1. The zero-order chi connectivity index (χ0) is 10.8. The third-order valence-corrected chi connectivity index (χ3v) is 3.53. The maximum Gasteiger partial charge on any atom is 0.281 e. The summed E-state index contributed by atoms with van der Waals surface area (Å²) in [5.41, 5.74) is -0.603. The van der Waals surface area contributed by atoms with Gasteiger partial charge in [0.2, 0.25) is 0 Å². The highest BCUT2D eigenvalue weighted by Gasteiger charge is 2.31. The molecule has 0 atom stereocenters. The van der Waals surface area contributed by atoms with Gasteiger partial charge in [-0.3, -0.25) is 4.79 Å². The zero-order valence-corrected chi connectivity index (χ0v) is 9.93. The van der Waals surface area contributed by atoms with Crippen LogP contribution >= 0.6 is 11.8 Å². The Balaban J connectivity index is 2.43. The SMILES string of the molecule is CSC(=O)N1CCC(C(C)(C)O)CC1. The van der Waals surface area contributed by atoms with Gasteiger partial charge in [0.1, 0.15) is 0 Å². The van der Waals surface area contributed by atoms with Crippen molar-refractivity contribution in [2.75, 3.05) is 19.3 Å². The molecule has 0 unspecified atom stereocenters. The lowest BCUT2D eigenvalue weighted by Crippen LogP contribution is -2.43. The molecule has 0 aromatic heterocycles. The number of hydrogen-bond acceptors (Lipinski definition) is 3. The van der Waals surface area contributed by atoms with E-state index in [0.29, 0.717) is 5.92 Å². The van der Waals surface area contributed by atoms with Gasteiger partial charge < -0.3 is 10.0 Å². The Hall–Kier alpha value is -0.220. The number of carbonyl (C=O) groups is 1. The highest BCUT2D eigenvalue weighted by molar-refractivity contribution is 8.12. The molecule has 1 aliphatic rings. The average molecular weight is 217 g/mol. The van der Waals surface area contributed by atoms with Crippen LogP contribution in [0.1, 0.15) is 26.7 Å². The number of hydrogen-bond donors (Lipinski definition) is 1. The number of likely N-dealkylation sites (tertiary alicyclic amines) is 1. The van der Waals surface area contributed by atoms with Crippen molar-refractivity contribution in [1.82, 2.24) is 4.90 Å². The summed E-state index contributed by atoms with van der Waals surface area (Å²) in [6, 6.07) is 0. The fourth-order valence-corrected chi connectivity index (χ4v) is 2.34. The van der Waals surface area contributed by atoms with Gasteiger partial charge in [0, 0.05) is 13.1 Å². The molecule has 1 rings (SSSR count). The lowest BCUT2D eigenvalue weighted by atomic mass is 9.83. The van der Waals surface area contributed by atoms with Crippen molar-refractivity contribution in [2.24, 2.45) is 5.92 Å². The summed E-state index contributed by atoms with van der Waals surface area (Å²) in [5, 5.41) is 9.97. The smallest absolute Gasteiger partial charge is 0.281 e. The van der Waals surface area contributed by atoms with E-state index in [9.17, 15) is 9.90 Å². The van der Waals surface area contributed by atoms with E-state index in [0.717, 1.165) is 25.9 Å². The molecule has 1 aliphatic heterocycles. The van der Waals surface area contributed by atoms with Gasteiger partial charge in [0.25, 0.3) is 5.24 Å². The van der Waals surface area contributed by atoms with Crippen LogP contribution in [0.25, 0.3) is 0 Å². The topological polar surface area (TPSA) is 40.5 Å². The molecule has 1 heterocycles. The molecule has 82 valence electrons.